The fourth-order valence-electron chi connectivity index (χ4n) is 2.36. The Morgan fingerprint density at radius 1 is 1.19 bits per heavy atom. The van der Waals surface area contributed by atoms with E-state index in [0.29, 0.717) is 0 Å². The predicted molar refractivity (Wildman–Crippen MR) is 103 cm³/mol. The summed E-state index contributed by atoms with van der Waals surface area (Å²) in [4.78, 5) is 22.6. The number of nitro groups is 1. The Kier molecular flexibility index (Phi) is 6.51. The lowest BCUT2D eigenvalue weighted by Gasteiger charge is -2.15. The van der Waals surface area contributed by atoms with Crippen LogP contribution in [-0.4, -0.2) is 25.3 Å². The van der Waals surface area contributed by atoms with Crippen molar-refractivity contribution in [3.8, 4) is 0 Å². The highest BCUT2D eigenvalue weighted by Crippen LogP contribution is 2.20. The number of rotatable bonds is 8. The monoisotopic (exact) mass is 391 g/mol. The number of carbonyl (C=O) groups excluding carboxylic acids is 1. The maximum absolute atomic E-state index is 12.5. The van der Waals surface area contributed by atoms with Crippen LogP contribution < -0.4 is 10.0 Å². The number of sulfonamides is 1. The quantitative estimate of drug-likeness (QED) is 0.529. The number of amides is 1. The number of hydrogen-bond acceptors (Lipinski definition) is 5. The second kappa shape index (κ2) is 8.63. The molecule has 2 aromatic carbocycles. The third kappa shape index (κ3) is 5.78. The summed E-state index contributed by atoms with van der Waals surface area (Å²) in [5, 5.41) is 13.6. The van der Waals surface area contributed by atoms with Gasteiger partial charge in [0.2, 0.25) is 10.0 Å². The van der Waals surface area contributed by atoms with Gasteiger partial charge in [-0.05, 0) is 31.0 Å². The van der Waals surface area contributed by atoms with Crippen molar-refractivity contribution in [1.29, 1.82) is 0 Å². The number of nitrogens with one attached hydrogen (secondary N) is 2. The Balaban J connectivity index is 2.22. The van der Waals surface area contributed by atoms with Gasteiger partial charge >= 0.3 is 0 Å². The maximum Gasteiger partial charge on any atom is 0.269 e. The maximum atomic E-state index is 12.5. The lowest BCUT2D eigenvalue weighted by Crippen LogP contribution is -2.32. The molecular formula is C18H21N3O5S. The number of benzene rings is 2. The molecule has 8 nitrogen and oxygen atoms in total. The van der Waals surface area contributed by atoms with Gasteiger partial charge in [-0.3, -0.25) is 19.6 Å². The van der Waals surface area contributed by atoms with Crippen LogP contribution in [0.4, 0.5) is 11.4 Å². The van der Waals surface area contributed by atoms with E-state index in [1.807, 2.05) is 13.8 Å². The summed E-state index contributed by atoms with van der Waals surface area (Å²) >= 11 is 0. The summed E-state index contributed by atoms with van der Waals surface area (Å²) in [6.07, 6.45) is 0.742. The minimum atomic E-state index is -3.87. The summed E-state index contributed by atoms with van der Waals surface area (Å²) in [6.45, 7) is 3.78. The number of nitro benzene ring substituents is 1. The van der Waals surface area contributed by atoms with Crippen LogP contribution in [0.15, 0.2) is 48.5 Å². The molecule has 0 unspecified atom stereocenters. The standard InChI is InChI=1S/C18H21N3O5S/c1-3-13(2)19-18(22)16-9-4-5-10-17(16)20-27(25,26)12-14-7-6-8-15(11-14)21(23)24/h4-11,13,20H,3,12H2,1-2H3,(H,19,22)/t13-/m1/s1. The second-order valence-electron chi connectivity index (χ2n) is 6.12. The molecule has 0 aliphatic rings. The summed E-state index contributed by atoms with van der Waals surface area (Å²) in [6, 6.07) is 11.7. The molecular weight excluding hydrogens is 370 g/mol. The first-order valence-electron chi connectivity index (χ1n) is 8.35. The molecule has 0 heterocycles. The van der Waals surface area contributed by atoms with Gasteiger partial charge in [0.25, 0.3) is 11.6 Å². The lowest BCUT2D eigenvalue weighted by molar-refractivity contribution is -0.384. The van der Waals surface area contributed by atoms with Crippen molar-refractivity contribution in [2.45, 2.75) is 32.1 Å². The van der Waals surface area contributed by atoms with Crippen molar-refractivity contribution in [1.82, 2.24) is 5.32 Å². The van der Waals surface area contributed by atoms with Crippen LogP contribution in [0.1, 0.15) is 36.2 Å². The molecule has 0 radical (unpaired) electrons. The van der Waals surface area contributed by atoms with Gasteiger partial charge in [0.05, 0.1) is 21.9 Å². The van der Waals surface area contributed by atoms with Crippen molar-refractivity contribution in [2.24, 2.45) is 0 Å². The molecule has 9 heteroatoms. The van der Waals surface area contributed by atoms with E-state index >= 15 is 0 Å². The zero-order valence-electron chi connectivity index (χ0n) is 15.0. The highest BCUT2D eigenvalue weighted by molar-refractivity contribution is 7.91. The van der Waals surface area contributed by atoms with E-state index in [1.54, 1.807) is 12.1 Å². The lowest BCUT2D eigenvalue weighted by atomic mass is 10.1. The molecule has 0 aliphatic carbocycles. The highest BCUT2D eigenvalue weighted by Gasteiger charge is 2.19. The van der Waals surface area contributed by atoms with Crippen molar-refractivity contribution in [3.05, 3.63) is 69.8 Å². The van der Waals surface area contributed by atoms with Gasteiger partial charge in [0.1, 0.15) is 0 Å². The van der Waals surface area contributed by atoms with Crippen LogP contribution in [0.25, 0.3) is 0 Å². The second-order valence-corrected chi connectivity index (χ2v) is 7.84. The molecule has 0 saturated carbocycles. The molecule has 1 atom stereocenters. The highest BCUT2D eigenvalue weighted by atomic mass is 32.2. The third-order valence-electron chi connectivity index (χ3n) is 3.91. The van der Waals surface area contributed by atoms with Crippen molar-refractivity contribution in [2.75, 3.05) is 4.72 Å². The Hall–Kier alpha value is -2.94. The molecule has 0 spiro atoms. The SMILES string of the molecule is CC[C@@H](C)NC(=O)c1ccccc1NS(=O)(=O)Cc1cccc([N+](=O)[O-])c1. The van der Waals surface area contributed by atoms with E-state index in [4.69, 9.17) is 0 Å². The zero-order chi connectivity index (χ0) is 20.0. The number of para-hydroxylation sites is 1. The first-order valence-corrected chi connectivity index (χ1v) is 10.0. The Morgan fingerprint density at radius 2 is 1.89 bits per heavy atom. The number of non-ortho nitro benzene ring substituents is 1. The van der Waals surface area contributed by atoms with E-state index in [-0.39, 0.29) is 34.5 Å². The van der Waals surface area contributed by atoms with Gasteiger partial charge < -0.3 is 5.32 Å². The third-order valence-corrected chi connectivity index (χ3v) is 5.15. The van der Waals surface area contributed by atoms with Crippen LogP contribution in [0.2, 0.25) is 0 Å². The Morgan fingerprint density at radius 3 is 2.56 bits per heavy atom. The Labute approximate surface area is 157 Å². The van der Waals surface area contributed by atoms with Gasteiger partial charge in [0.15, 0.2) is 0 Å². The number of nitrogens with zero attached hydrogens (tertiary/aromatic N) is 1. The average molecular weight is 391 g/mol. The number of carbonyl (C=O) groups is 1. The van der Waals surface area contributed by atoms with E-state index in [9.17, 15) is 23.3 Å². The Bertz CT molecular complexity index is 944. The summed E-state index contributed by atoms with van der Waals surface area (Å²) in [5.41, 5.74) is 0.457. The minimum absolute atomic E-state index is 0.0490. The van der Waals surface area contributed by atoms with Crippen LogP contribution in [0, 0.1) is 10.1 Å². The topological polar surface area (TPSA) is 118 Å². The molecule has 0 aromatic heterocycles. The summed E-state index contributed by atoms with van der Waals surface area (Å²) < 4.78 is 27.4. The van der Waals surface area contributed by atoms with Crippen molar-refractivity contribution in [3.63, 3.8) is 0 Å². The zero-order valence-corrected chi connectivity index (χ0v) is 15.8. The number of hydrogen-bond donors (Lipinski definition) is 2. The molecule has 0 fully saturated rings. The fourth-order valence-corrected chi connectivity index (χ4v) is 3.56. The minimum Gasteiger partial charge on any atom is -0.350 e. The largest absolute Gasteiger partial charge is 0.350 e. The van der Waals surface area contributed by atoms with Gasteiger partial charge in [0, 0.05) is 18.2 Å². The van der Waals surface area contributed by atoms with Crippen LogP contribution in [-0.2, 0) is 15.8 Å². The molecule has 2 aromatic rings. The van der Waals surface area contributed by atoms with E-state index < -0.39 is 20.7 Å². The van der Waals surface area contributed by atoms with Gasteiger partial charge in [-0.1, -0.05) is 31.2 Å². The fraction of sp³-hybridized carbons (Fsp3) is 0.278. The van der Waals surface area contributed by atoms with Gasteiger partial charge in [-0.15, -0.1) is 0 Å². The normalized spacial score (nSPS) is 12.2. The molecule has 27 heavy (non-hydrogen) atoms. The molecule has 144 valence electrons. The molecule has 0 aliphatic heterocycles. The first-order chi connectivity index (χ1) is 12.7. The van der Waals surface area contributed by atoms with Crippen LogP contribution in [0.5, 0.6) is 0 Å². The molecule has 2 N–H and O–H groups in total. The van der Waals surface area contributed by atoms with Crippen LogP contribution in [0.3, 0.4) is 0 Å². The van der Waals surface area contributed by atoms with Crippen molar-refractivity contribution >= 4 is 27.3 Å². The molecule has 0 bridgehead atoms. The molecule has 0 saturated heterocycles. The summed E-state index contributed by atoms with van der Waals surface area (Å²) in [7, 11) is -3.87. The van der Waals surface area contributed by atoms with Gasteiger partial charge in [-0.2, -0.15) is 0 Å². The van der Waals surface area contributed by atoms with Crippen LogP contribution >= 0.6 is 0 Å². The van der Waals surface area contributed by atoms with E-state index in [1.165, 1.54) is 36.4 Å². The summed E-state index contributed by atoms with van der Waals surface area (Å²) in [5.74, 6) is -0.825. The van der Waals surface area contributed by atoms with E-state index in [2.05, 4.69) is 10.0 Å². The molecule has 1 amide bonds. The average Bonchev–Trinajstić information content (AvgIpc) is 2.61. The van der Waals surface area contributed by atoms with Crippen molar-refractivity contribution < 1.29 is 18.1 Å². The van der Waals surface area contributed by atoms with E-state index in [0.717, 1.165) is 6.42 Å². The van der Waals surface area contributed by atoms with Gasteiger partial charge in [-0.25, -0.2) is 8.42 Å². The smallest absolute Gasteiger partial charge is 0.269 e. The molecule has 2 rings (SSSR count). The predicted octanol–water partition coefficient (Wildman–Crippen LogP) is 3.07. The number of anilines is 1. The first kappa shape index (κ1) is 20.4.